The predicted molar refractivity (Wildman–Crippen MR) is 88.7 cm³/mol. The smallest absolute Gasteiger partial charge is 0.225 e. The van der Waals surface area contributed by atoms with Gasteiger partial charge in [-0.1, -0.05) is 26.0 Å². The molecule has 1 heterocycles. The summed E-state index contributed by atoms with van der Waals surface area (Å²) in [6.45, 7) is 7.58. The second-order valence-electron chi connectivity index (χ2n) is 6.69. The van der Waals surface area contributed by atoms with E-state index in [-0.39, 0.29) is 0 Å². The standard InChI is InChI=1S/C17H24N4/c1-4-18-16-20-14-8-6-5-7-13(14)15(21-16)19-12-9-10-17(2,3)11-12/h5-8,12H,4,9-11H2,1-3H3,(H2,18,19,20,21). The zero-order valence-corrected chi connectivity index (χ0v) is 13.1. The third-order valence-electron chi connectivity index (χ3n) is 4.25. The molecule has 1 aliphatic carbocycles. The van der Waals surface area contributed by atoms with Gasteiger partial charge in [0.25, 0.3) is 0 Å². The van der Waals surface area contributed by atoms with Gasteiger partial charge in [-0.15, -0.1) is 0 Å². The van der Waals surface area contributed by atoms with Gasteiger partial charge in [-0.2, -0.15) is 4.98 Å². The first kappa shape index (κ1) is 14.1. The number of rotatable bonds is 4. The van der Waals surface area contributed by atoms with Crippen molar-refractivity contribution in [1.29, 1.82) is 0 Å². The first-order chi connectivity index (χ1) is 10.1. The number of benzene rings is 1. The lowest BCUT2D eigenvalue weighted by atomic mass is 9.92. The first-order valence-electron chi connectivity index (χ1n) is 7.84. The van der Waals surface area contributed by atoms with E-state index >= 15 is 0 Å². The first-order valence-corrected chi connectivity index (χ1v) is 7.84. The molecule has 0 radical (unpaired) electrons. The lowest BCUT2D eigenvalue weighted by Gasteiger charge is -2.19. The molecule has 0 amide bonds. The molecule has 1 fully saturated rings. The lowest BCUT2D eigenvalue weighted by Crippen LogP contribution is -2.19. The van der Waals surface area contributed by atoms with Crippen LogP contribution in [0.15, 0.2) is 24.3 Å². The van der Waals surface area contributed by atoms with E-state index in [0.29, 0.717) is 17.4 Å². The molecule has 2 N–H and O–H groups in total. The normalized spacial score (nSPS) is 20.6. The summed E-state index contributed by atoms with van der Waals surface area (Å²) in [7, 11) is 0. The fourth-order valence-corrected chi connectivity index (χ4v) is 3.18. The van der Waals surface area contributed by atoms with Crippen molar-refractivity contribution in [2.24, 2.45) is 5.41 Å². The summed E-state index contributed by atoms with van der Waals surface area (Å²) in [4.78, 5) is 9.24. The highest BCUT2D eigenvalue weighted by molar-refractivity contribution is 5.90. The Hall–Kier alpha value is -1.84. The van der Waals surface area contributed by atoms with E-state index < -0.39 is 0 Å². The molecule has 112 valence electrons. The van der Waals surface area contributed by atoms with Gasteiger partial charge in [0.1, 0.15) is 5.82 Å². The molecule has 4 nitrogen and oxygen atoms in total. The van der Waals surface area contributed by atoms with Crippen LogP contribution in [0.2, 0.25) is 0 Å². The van der Waals surface area contributed by atoms with Crippen LogP contribution < -0.4 is 10.6 Å². The summed E-state index contributed by atoms with van der Waals surface area (Å²) in [5, 5.41) is 7.97. The quantitative estimate of drug-likeness (QED) is 0.889. The minimum atomic E-state index is 0.436. The lowest BCUT2D eigenvalue weighted by molar-refractivity contribution is 0.378. The van der Waals surface area contributed by atoms with Crippen LogP contribution in [0, 0.1) is 5.41 Å². The maximum Gasteiger partial charge on any atom is 0.225 e. The van der Waals surface area contributed by atoms with E-state index in [2.05, 4.69) is 47.4 Å². The van der Waals surface area contributed by atoms with Crippen molar-refractivity contribution in [1.82, 2.24) is 9.97 Å². The van der Waals surface area contributed by atoms with Crippen LogP contribution in [0.3, 0.4) is 0 Å². The summed E-state index contributed by atoms with van der Waals surface area (Å²) in [5.41, 5.74) is 1.42. The molecule has 1 atom stereocenters. The Bertz CT molecular complexity index is 636. The molecule has 21 heavy (non-hydrogen) atoms. The van der Waals surface area contributed by atoms with E-state index in [1.807, 2.05) is 18.2 Å². The average Bonchev–Trinajstić information content (AvgIpc) is 2.78. The van der Waals surface area contributed by atoms with Crippen molar-refractivity contribution in [2.45, 2.75) is 46.1 Å². The Labute approximate surface area is 126 Å². The Morgan fingerprint density at radius 3 is 2.76 bits per heavy atom. The summed E-state index contributed by atoms with van der Waals surface area (Å²) < 4.78 is 0. The van der Waals surface area contributed by atoms with Gasteiger partial charge in [0.05, 0.1) is 5.52 Å². The van der Waals surface area contributed by atoms with Crippen molar-refractivity contribution in [3.63, 3.8) is 0 Å². The van der Waals surface area contributed by atoms with E-state index in [9.17, 15) is 0 Å². The van der Waals surface area contributed by atoms with Crippen LogP contribution >= 0.6 is 0 Å². The van der Waals surface area contributed by atoms with Gasteiger partial charge in [-0.25, -0.2) is 4.98 Å². The van der Waals surface area contributed by atoms with E-state index in [4.69, 9.17) is 0 Å². The van der Waals surface area contributed by atoms with E-state index in [0.717, 1.165) is 23.3 Å². The highest BCUT2D eigenvalue weighted by Crippen LogP contribution is 2.38. The Morgan fingerprint density at radius 2 is 2.05 bits per heavy atom. The monoisotopic (exact) mass is 284 g/mol. The summed E-state index contributed by atoms with van der Waals surface area (Å²) >= 11 is 0. The number of para-hydroxylation sites is 1. The van der Waals surface area contributed by atoms with Crippen molar-refractivity contribution in [3.05, 3.63) is 24.3 Å². The van der Waals surface area contributed by atoms with Gasteiger partial charge < -0.3 is 10.6 Å². The number of nitrogens with one attached hydrogen (secondary N) is 2. The molecule has 0 bridgehead atoms. The van der Waals surface area contributed by atoms with Crippen LogP contribution in [-0.4, -0.2) is 22.6 Å². The molecule has 2 aromatic rings. The fourth-order valence-electron chi connectivity index (χ4n) is 3.18. The maximum atomic E-state index is 4.67. The van der Waals surface area contributed by atoms with Crippen molar-refractivity contribution in [2.75, 3.05) is 17.2 Å². The van der Waals surface area contributed by atoms with Gasteiger partial charge in [0.15, 0.2) is 0 Å². The Morgan fingerprint density at radius 1 is 1.24 bits per heavy atom. The largest absolute Gasteiger partial charge is 0.367 e. The molecule has 0 spiro atoms. The zero-order chi connectivity index (χ0) is 14.9. The van der Waals surface area contributed by atoms with Crippen molar-refractivity contribution < 1.29 is 0 Å². The molecule has 1 aromatic carbocycles. The fraction of sp³-hybridized carbons (Fsp3) is 0.529. The number of nitrogens with zero attached hydrogens (tertiary/aromatic N) is 2. The number of anilines is 2. The molecule has 1 saturated carbocycles. The highest BCUT2D eigenvalue weighted by Gasteiger charge is 2.31. The van der Waals surface area contributed by atoms with Gasteiger partial charge in [-0.3, -0.25) is 0 Å². The molecule has 1 unspecified atom stereocenters. The van der Waals surface area contributed by atoms with Crippen LogP contribution in [0.1, 0.15) is 40.0 Å². The van der Waals surface area contributed by atoms with Crippen molar-refractivity contribution >= 4 is 22.7 Å². The molecule has 3 rings (SSSR count). The van der Waals surface area contributed by atoms with Gasteiger partial charge in [-0.05, 0) is 43.7 Å². The topological polar surface area (TPSA) is 49.8 Å². The third-order valence-corrected chi connectivity index (χ3v) is 4.25. The molecule has 4 heteroatoms. The molecular formula is C17H24N4. The second kappa shape index (κ2) is 5.51. The second-order valence-corrected chi connectivity index (χ2v) is 6.69. The van der Waals surface area contributed by atoms with Crippen LogP contribution in [0.25, 0.3) is 10.9 Å². The van der Waals surface area contributed by atoms with Gasteiger partial charge >= 0.3 is 0 Å². The molecular weight excluding hydrogens is 260 g/mol. The number of hydrogen-bond donors (Lipinski definition) is 2. The Balaban J connectivity index is 1.92. The van der Waals surface area contributed by atoms with Crippen molar-refractivity contribution in [3.8, 4) is 0 Å². The average molecular weight is 284 g/mol. The molecule has 1 aliphatic rings. The minimum absolute atomic E-state index is 0.436. The number of aromatic nitrogens is 2. The molecule has 1 aromatic heterocycles. The SMILES string of the molecule is CCNc1nc(NC2CCC(C)(C)C2)c2ccccc2n1. The van der Waals surface area contributed by atoms with Gasteiger partial charge in [0.2, 0.25) is 5.95 Å². The number of fused-ring (bicyclic) bond motifs is 1. The summed E-state index contributed by atoms with van der Waals surface area (Å²) in [6.07, 6.45) is 3.68. The molecule has 0 aliphatic heterocycles. The molecule has 0 saturated heterocycles. The summed E-state index contributed by atoms with van der Waals surface area (Å²) in [6, 6.07) is 8.71. The minimum Gasteiger partial charge on any atom is -0.367 e. The number of hydrogen-bond acceptors (Lipinski definition) is 4. The Kier molecular flexibility index (Phi) is 3.70. The maximum absolute atomic E-state index is 4.67. The van der Waals surface area contributed by atoms with Crippen LogP contribution in [0.5, 0.6) is 0 Å². The van der Waals surface area contributed by atoms with Gasteiger partial charge in [0, 0.05) is 18.0 Å². The highest BCUT2D eigenvalue weighted by atomic mass is 15.1. The van der Waals surface area contributed by atoms with Crippen LogP contribution in [-0.2, 0) is 0 Å². The zero-order valence-electron chi connectivity index (χ0n) is 13.1. The third kappa shape index (κ3) is 3.09. The van der Waals surface area contributed by atoms with E-state index in [1.54, 1.807) is 0 Å². The predicted octanol–water partition coefficient (Wildman–Crippen LogP) is 4.05. The van der Waals surface area contributed by atoms with E-state index in [1.165, 1.54) is 19.3 Å². The van der Waals surface area contributed by atoms with Crippen LogP contribution in [0.4, 0.5) is 11.8 Å². The summed E-state index contributed by atoms with van der Waals surface area (Å²) in [5.74, 6) is 1.66.